The van der Waals surface area contributed by atoms with Crippen LogP contribution in [0.4, 0.5) is 5.00 Å². The minimum atomic E-state index is -0.311. The van der Waals surface area contributed by atoms with Crippen LogP contribution in [0.25, 0.3) is 11.1 Å². The van der Waals surface area contributed by atoms with Gasteiger partial charge in [-0.1, -0.05) is 67.7 Å². The number of benzene rings is 2. The minimum Gasteiger partial charge on any atom is -0.483 e. The summed E-state index contributed by atoms with van der Waals surface area (Å²) >= 11 is 6.88. The quantitative estimate of drug-likeness (QED) is 0.477. The Morgan fingerprint density at radius 1 is 1.19 bits per heavy atom. The van der Waals surface area contributed by atoms with Gasteiger partial charge in [0.1, 0.15) is 16.8 Å². The molecule has 1 aliphatic carbocycles. The molecule has 0 saturated heterocycles. The molecule has 0 bridgehead atoms. The molecular weight excluding hydrogens is 424 g/mol. The number of carbonyl (C=O) groups excluding carboxylic acids is 1. The first-order valence-corrected chi connectivity index (χ1v) is 11.5. The lowest BCUT2D eigenvalue weighted by molar-refractivity contribution is -0.118. The summed E-state index contributed by atoms with van der Waals surface area (Å²) in [5.41, 5.74) is 4.58. The molecule has 4 rings (SSSR count). The fourth-order valence-electron chi connectivity index (χ4n) is 3.90. The number of hydrogen-bond donors (Lipinski definition) is 1. The second kappa shape index (κ2) is 9.42. The molecule has 1 N–H and O–H groups in total. The number of amides is 1. The number of nitrogens with one attached hydrogen (secondary N) is 1. The van der Waals surface area contributed by atoms with Gasteiger partial charge in [0.2, 0.25) is 0 Å². The maximum Gasteiger partial charge on any atom is 0.262 e. The second-order valence-electron chi connectivity index (χ2n) is 7.71. The van der Waals surface area contributed by atoms with Crippen molar-refractivity contribution in [2.24, 2.45) is 5.92 Å². The zero-order valence-corrected chi connectivity index (χ0v) is 18.8. The molecule has 0 saturated carbocycles. The van der Waals surface area contributed by atoms with Gasteiger partial charge in [-0.15, -0.1) is 11.3 Å². The summed E-state index contributed by atoms with van der Waals surface area (Å²) in [4.78, 5) is 12.7. The van der Waals surface area contributed by atoms with E-state index in [9.17, 15) is 10.1 Å². The largest absolute Gasteiger partial charge is 0.483 e. The van der Waals surface area contributed by atoms with Gasteiger partial charge in [0.15, 0.2) is 6.61 Å². The first-order valence-electron chi connectivity index (χ1n) is 10.2. The van der Waals surface area contributed by atoms with Crippen LogP contribution in [-0.2, 0) is 17.6 Å². The molecule has 4 nitrogen and oxygen atoms in total. The van der Waals surface area contributed by atoms with Gasteiger partial charge in [0.05, 0.1) is 9.39 Å². The van der Waals surface area contributed by atoms with E-state index in [1.165, 1.54) is 11.3 Å². The molecule has 1 aliphatic rings. The minimum absolute atomic E-state index is 0.150. The molecule has 1 atom stereocenters. The summed E-state index contributed by atoms with van der Waals surface area (Å²) in [6.45, 7) is 2.05. The third-order valence-corrected chi connectivity index (χ3v) is 6.91. The number of carbonyl (C=O) groups is 1. The van der Waals surface area contributed by atoms with E-state index in [0.717, 1.165) is 45.3 Å². The lowest BCUT2D eigenvalue weighted by atomic mass is 9.85. The van der Waals surface area contributed by atoms with Crippen LogP contribution in [0.3, 0.4) is 0 Å². The van der Waals surface area contributed by atoms with E-state index in [0.29, 0.717) is 22.2 Å². The van der Waals surface area contributed by atoms with Crippen molar-refractivity contribution in [2.45, 2.75) is 26.2 Å². The monoisotopic (exact) mass is 446 g/mol. The average molecular weight is 447 g/mol. The predicted octanol–water partition coefficient (Wildman–Crippen LogP) is 6.16. The third-order valence-electron chi connectivity index (χ3n) is 5.47. The molecule has 31 heavy (non-hydrogen) atoms. The molecular formula is C25H22N2O2S2. The molecule has 0 radical (unpaired) electrons. The van der Waals surface area contributed by atoms with Crippen molar-refractivity contribution in [3.05, 3.63) is 75.1 Å². The van der Waals surface area contributed by atoms with Crippen LogP contribution in [0, 0.1) is 21.1 Å². The Bertz CT molecular complexity index is 1210. The lowest BCUT2D eigenvalue weighted by Gasteiger charge is -2.23. The molecule has 1 aromatic heterocycles. The predicted molar refractivity (Wildman–Crippen MR) is 127 cm³/mol. The number of nitrogens with zero attached hydrogens (tertiary/aromatic N) is 1. The van der Waals surface area contributed by atoms with Crippen LogP contribution in [0.15, 0.2) is 54.6 Å². The average Bonchev–Trinajstić information content (AvgIpc) is 2.79. The first-order chi connectivity index (χ1) is 15.1. The molecule has 1 unspecified atom stereocenters. The molecule has 0 fully saturated rings. The highest BCUT2D eigenvalue weighted by molar-refractivity contribution is 7.73. The second-order valence-corrected chi connectivity index (χ2v) is 9.40. The fraction of sp³-hybridized carbons (Fsp3) is 0.240. The van der Waals surface area contributed by atoms with Gasteiger partial charge >= 0.3 is 0 Å². The van der Waals surface area contributed by atoms with Crippen molar-refractivity contribution in [2.75, 3.05) is 11.9 Å². The zero-order chi connectivity index (χ0) is 21.8. The summed E-state index contributed by atoms with van der Waals surface area (Å²) in [5.74, 6) is 0.886. The molecule has 156 valence electrons. The molecule has 1 amide bonds. The molecule has 6 heteroatoms. The third kappa shape index (κ3) is 4.68. The summed E-state index contributed by atoms with van der Waals surface area (Å²) in [6.07, 6.45) is 2.74. The molecule has 0 spiro atoms. The Kier molecular flexibility index (Phi) is 6.45. The topological polar surface area (TPSA) is 62.1 Å². The van der Waals surface area contributed by atoms with Gasteiger partial charge in [0.25, 0.3) is 5.91 Å². The van der Waals surface area contributed by atoms with E-state index in [1.807, 2.05) is 54.6 Å². The van der Waals surface area contributed by atoms with Crippen LogP contribution >= 0.6 is 23.6 Å². The number of ether oxygens (including phenoxy) is 1. The first kappa shape index (κ1) is 21.2. The SMILES string of the molecule is CC1CCc2c(C#N)c(NC(=O)COc3ccccc3-c3ccccc3)sc(=S)c2C1. The zero-order valence-electron chi connectivity index (χ0n) is 17.2. The van der Waals surface area contributed by atoms with Gasteiger partial charge in [-0.3, -0.25) is 4.79 Å². The van der Waals surface area contributed by atoms with E-state index in [-0.39, 0.29) is 12.5 Å². The number of anilines is 1. The summed E-state index contributed by atoms with van der Waals surface area (Å²) in [5, 5.41) is 13.1. The van der Waals surface area contributed by atoms with Crippen LogP contribution < -0.4 is 10.1 Å². The van der Waals surface area contributed by atoms with Crippen molar-refractivity contribution in [3.63, 3.8) is 0 Å². The Morgan fingerprint density at radius 3 is 2.71 bits per heavy atom. The van der Waals surface area contributed by atoms with Crippen molar-refractivity contribution < 1.29 is 9.53 Å². The molecule has 3 aromatic rings. The Morgan fingerprint density at radius 2 is 1.94 bits per heavy atom. The van der Waals surface area contributed by atoms with E-state index >= 15 is 0 Å². The summed E-state index contributed by atoms with van der Waals surface area (Å²) in [6, 6.07) is 19.8. The van der Waals surface area contributed by atoms with E-state index in [1.54, 1.807) is 0 Å². The standard InChI is InChI=1S/C25H22N2O2S2/c1-16-11-12-19-20(13-16)25(30)31-24(21(19)14-26)27-23(28)15-29-22-10-6-5-9-18(22)17-7-3-2-4-8-17/h2-10,16H,11-13,15H2,1H3,(H,27,28). The van der Waals surface area contributed by atoms with Gasteiger partial charge in [-0.05, 0) is 47.9 Å². The smallest absolute Gasteiger partial charge is 0.262 e. The van der Waals surface area contributed by atoms with E-state index in [2.05, 4.69) is 18.3 Å². The van der Waals surface area contributed by atoms with E-state index < -0.39 is 0 Å². The summed E-state index contributed by atoms with van der Waals surface area (Å²) < 4.78 is 6.60. The maximum atomic E-state index is 12.7. The number of hydrogen-bond acceptors (Lipinski definition) is 5. The van der Waals surface area contributed by atoms with Crippen molar-refractivity contribution in [3.8, 4) is 22.9 Å². The number of nitriles is 1. The van der Waals surface area contributed by atoms with Crippen molar-refractivity contribution in [1.82, 2.24) is 0 Å². The Hall–Kier alpha value is -3.01. The summed E-state index contributed by atoms with van der Waals surface area (Å²) in [7, 11) is 0. The van der Waals surface area contributed by atoms with Crippen LogP contribution in [0.1, 0.15) is 30.0 Å². The van der Waals surface area contributed by atoms with Gasteiger partial charge in [-0.25, -0.2) is 0 Å². The van der Waals surface area contributed by atoms with E-state index in [4.69, 9.17) is 17.0 Å². The highest BCUT2D eigenvalue weighted by atomic mass is 32.1. The van der Waals surface area contributed by atoms with Crippen LogP contribution in [0.2, 0.25) is 0 Å². The van der Waals surface area contributed by atoms with Gasteiger partial charge in [-0.2, -0.15) is 5.26 Å². The normalized spacial score (nSPS) is 14.9. The molecule has 1 heterocycles. The van der Waals surface area contributed by atoms with Crippen molar-refractivity contribution in [1.29, 1.82) is 5.26 Å². The van der Waals surface area contributed by atoms with Gasteiger partial charge in [0, 0.05) is 5.56 Å². The highest BCUT2D eigenvalue weighted by Crippen LogP contribution is 2.36. The number of rotatable bonds is 5. The Balaban J connectivity index is 1.52. The number of fused-ring (bicyclic) bond motifs is 1. The fourth-order valence-corrected chi connectivity index (χ4v) is 5.31. The Labute approximate surface area is 191 Å². The lowest BCUT2D eigenvalue weighted by Crippen LogP contribution is -2.21. The maximum absolute atomic E-state index is 12.7. The van der Waals surface area contributed by atoms with Crippen LogP contribution in [-0.4, -0.2) is 12.5 Å². The van der Waals surface area contributed by atoms with Crippen LogP contribution in [0.5, 0.6) is 5.75 Å². The van der Waals surface area contributed by atoms with Crippen molar-refractivity contribution >= 4 is 34.5 Å². The number of para-hydroxylation sites is 1. The highest BCUT2D eigenvalue weighted by Gasteiger charge is 2.23. The van der Waals surface area contributed by atoms with Gasteiger partial charge < -0.3 is 10.1 Å². The molecule has 0 aliphatic heterocycles. The molecule has 2 aromatic carbocycles.